The maximum Gasteiger partial charge on any atom is 0.0645 e. The maximum atomic E-state index is 8.64. The van der Waals surface area contributed by atoms with Gasteiger partial charge in [-0.25, -0.2) is 0 Å². The van der Waals surface area contributed by atoms with E-state index in [1.165, 1.54) is 10.8 Å². The number of para-hydroxylation sites is 4. The quantitative estimate of drug-likeness (QED) is 0.233. The number of hydrogen-bond acceptors (Lipinski definition) is 1. The molecule has 0 saturated heterocycles. The predicted octanol–water partition coefficient (Wildman–Crippen LogP) is 9.92. The summed E-state index contributed by atoms with van der Waals surface area (Å²) in [6, 6.07) is 40.9. The highest BCUT2D eigenvalue weighted by Gasteiger charge is 2.14. The molecule has 38 heavy (non-hydrogen) atoms. The number of fused-ring (bicyclic) bond motifs is 3. The van der Waals surface area contributed by atoms with Gasteiger partial charge in [-0.05, 0) is 71.7 Å². The van der Waals surface area contributed by atoms with Crippen molar-refractivity contribution in [3.8, 4) is 16.8 Å². The summed E-state index contributed by atoms with van der Waals surface area (Å²) in [6.07, 6.45) is 0. The topological polar surface area (TPSA) is 8.17 Å². The van der Waals surface area contributed by atoms with E-state index in [2.05, 4.69) is 59.2 Å². The Balaban J connectivity index is 1.37. The summed E-state index contributed by atoms with van der Waals surface area (Å²) in [5, 5.41) is 2.37. The van der Waals surface area contributed by atoms with E-state index in [0.717, 1.165) is 27.8 Å². The summed E-state index contributed by atoms with van der Waals surface area (Å²) in [5.74, 6) is 0. The molecule has 0 N–H and O–H groups in total. The monoisotopic (exact) mass is 491 g/mol. The van der Waals surface area contributed by atoms with E-state index in [9.17, 15) is 0 Å². The van der Waals surface area contributed by atoms with E-state index in [4.69, 9.17) is 6.85 Å². The Morgan fingerprint density at radius 3 is 1.84 bits per heavy atom. The minimum atomic E-state index is -0.412. The average Bonchev–Trinajstić information content (AvgIpc) is 3.39. The molecule has 2 heteroatoms. The third-order valence-electron chi connectivity index (χ3n) is 6.87. The first-order valence-electron chi connectivity index (χ1n) is 15.0. The van der Waals surface area contributed by atoms with E-state index in [1.54, 1.807) is 4.90 Å². The fourth-order valence-corrected chi connectivity index (χ4v) is 5.15. The number of anilines is 3. The Bertz CT molecular complexity index is 2090. The number of aromatic nitrogens is 1. The lowest BCUT2D eigenvalue weighted by molar-refractivity contribution is 1.18. The smallest absolute Gasteiger partial charge is 0.0645 e. The van der Waals surface area contributed by atoms with Gasteiger partial charge in [-0.3, -0.25) is 0 Å². The second-order valence-corrected chi connectivity index (χ2v) is 9.11. The van der Waals surface area contributed by atoms with Crippen molar-refractivity contribution < 1.29 is 6.85 Å². The number of rotatable bonds is 5. The van der Waals surface area contributed by atoms with Crippen molar-refractivity contribution in [2.24, 2.45) is 0 Å². The van der Waals surface area contributed by atoms with Crippen LogP contribution in [0.2, 0.25) is 0 Å². The summed E-state index contributed by atoms with van der Waals surface area (Å²) in [5.41, 5.74) is 6.90. The van der Waals surface area contributed by atoms with Crippen molar-refractivity contribution in [2.75, 3.05) is 4.90 Å². The van der Waals surface area contributed by atoms with Gasteiger partial charge in [-0.1, -0.05) is 97.0 Å². The third-order valence-corrected chi connectivity index (χ3v) is 6.87. The van der Waals surface area contributed by atoms with Crippen molar-refractivity contribution in [2.45, 2.75) is 0 Å². The van der Waals surface area contributed by atoms with Crippen molar-refractivity contribution in [1.82, 2.24) is 4.57 Å². The molecule has 7 rings (SSSR count). The van der Waals surface area contributed by atoms with Gasteiger partial charge in [0.1, 0.15) is 0 Å². The summed E-state index contributed by atoms with van der Waals surface area (Å²) in [7, 11) is 0. The lowest BCUT2D eigenvalue weighted by Gasteiger charge is -2.25. The zero-order chi connectivity index (χ0) is 29.7. The zero-order valence-electron chi connectivity index (χ0n) is 25.5. The average molecular weight is 492 g/mol. The van der Waals surface area contributed by atoms with Gasteiger partial charge in [0.05, 0.1) is 17.9 Å². The molecule has 0 saturated carbocycles. The predicted molar refractivity (Wildman–Crippen MR) is 161 cm³/mol. The van der Waals surface area contributed by atoms with Gasteiger partial charge in [0.25, 0.3) is 0 Å². The van der Waals surface area contributed by atoms with Gasteiger partial charge in [0.2, 0.25) is 0 Å². The van der Waals surface area contributed by atoms with Crippen LogP contribution in [0.4, 0.5) is 17.1 Å². The molecular formula is C36H26N2. The summed E-state index contributed by atoms with van der Waals surface area (Å²) < 4.78 is 44.1. The Morgan fingerprint density at radius 1 is 0.474 bits per heavy atom. The Kier molecular flexibility index (Phi) is 4.31. The molecule has 0 spiro atoms. The van der Waals surface area contributed by atoms with E-state index in [0.29, 0.717) is 11.4 Å². The van der Waals surface area contributed by atoms with Gasteiger partial charge in [0, 0.05) is 33.5 Å². The normalized spacial score (nSPS) is 13.0. The highest BCUT2D eigenvalue weighted by molar-refractivity contribution is 6.10. The van der Waals surface area contributed by atoms with Crippen molar-refractivity contribution in [3.05, 3.63) is 158 Å². The molecule has 0 aliphatic rings. The van der Waals surface area contributed by atoms with Crippen LogP contribution in [0.1, 0.15) is 6.85 Å². The van der Waals surface area contributed by atoms with Crippen LogP contribution >= 0.6 is 0 Å². The molecule has 0 radical (unpaired) electrons. The second-order valence-electron chi connectivity index (χ2n) is 9.11. The van der Waals surface area contributed by atoms with E-state index in [-0.39, 0.29) is 29.9 Å². The lowest BCUT2D eigenvalue weighted by atomic mass is 10.0. The van der Waals surface area contributed by atoms with Gasteiger partial charge < -0.3 is 9.47 Å². The second kappa shape index (κ2) is 9.42. The molecule has 0 bridgehead atoms. The Hall–Kier alpha value is -5.08. The summed E-state index contributed by atoms with van der Waals surface area (Å²) in [6.45, 7) is 0. The van der Waals surface area contributed by atoms with Crippen LogP contribution in [0.15, 0.2) is 158 Å². The van der Waals surface area contributed by atoms with Crippen LogP contribution in [0.3, 0.4) is 0 Å². The molecule has 1 aromatic heterocycles. The van der Waals surface area contributed by atoms with Crippen LogP contribution in [-0.2, 0) is 0 Å². The standard InChI is InChI=1S/C36H26N2/c1-4-12-29(13-5-1)37(30-14-6-2-7-15-30)32-23-20-27(21-24-32)28-22-25-34-33-18-10-11-19-35(33)38(36(34)26-28)31-16-8-3-9-17-31/h1-26H/i1D,4D,5D,12D,13D. The first kappa shape index (κ1) is 17.4. The molecule has 180 valence electrons. The van der Waals surface area contributed by atoms with E-state index >= 15 is 0 Å². The molecule has 0 fully saturated rings. The molecule has 0 aliphatic heterocycles. The van der Waals surface area contributed by atoms with Crippen molar-refractivity contribution in [1.29, 1.82) is 0 Å². The number of benzene rings is 6. The van der Waals surface area contributed by atoms with Gasteiger partial charge >= 0.3 is 0 Å². The molecule has 0 atom stereocenters. The van der Waals surface area contributed by atoms with Crippen molar-refractivity contribution in [3.63, 3.8) is 0 Å². The van der Waals surface area contributed by atoms with Crippen LogP contribution in [0.5, 0.6) is 0 Å². The Morgan fingerprint density at radius 2 is 1.08 bits per heavy atom. The first-order valence-corrected chi connectivity index (χ1v) is 12.5. The van der Waals surface area contributed by atoms with Gasteiger partial charge in [0.15, 0.2) is 0 Å². The molecule has 2 nitrogen and oxygen atoms in total. The molecule has 0 unspecified atom stereocenters. The molecule has 6 aromatic carbocycles. The van der Waals surface area contributed by atoms with Crippen molar-refractivity contribution >= 4 is 38.9 Å². The lowest BCUT2D eigenvalue weighted by Crippen LogP contribution is -2.09. The molecule has 7 aromatic rings. The molecule has 1 heterocycles. The highest BCUT2D eigenvalue weighted by atomic mass is 15.1. The highest BCUT2D eigenvalue weighted by Crippen LogP contribution is 2.37. The Labute approximate surface area is 229 Å². The summed E-state index contributed by atoms with van der Waals surface area (Å²) in [4.78, 5) is 1.72. The molecular weight excluding hydrogens is 460 g/mol. The van der Waals surface area contributed by atoms with Gasteiger partial charge in [-0.2, -0.15) is 0 Å². The largest absolute Gasteiger partial charge is 0.311 e. The van der Waals surface area contributed by atoms with E-state index < -0.39 is 6.04 Å². The molecule has 0 amide bonds. The number of hydrogen-bond donors (Lipinski definition) is 0. The van der Waals surface area contributed by atoms with E-state index in [1.807, 2.05) is 72.8 Å². The van der Waals surface area contributed by atoms with Crippen LogP contribution < -0.4 is 4.90 Å². The van der Waals surface area contributed by atoms with Gasteiger partial charge in [-0.15, -0.1) is 0 Å². The molecule has 0 aliphatic carbocycles. The SMILES string of the molecule is [2H]c1c([2H])c([2H])c(N(c2ccccc2)c2ccc(-c3ccc4c5ccccc5n(-c5ccccc5)c4c3)cc2)c([2H])c1[2H]. The summed E-state index contributed by atoms with van der Waals surface area (Å²) >= 11 is 0. The fraction of sp³-hybridized carbons (Fsp3) is 0. The minimum Gasteiger partial charge on any atom is -0.311 e. The van der Waals surface area contributed by atoms with Crippen LogP contribution in [0.25, 0.3) is 38.6 Å². The fourth-order valence-electron chi connectivity index (χ4n) is 5.15. The maximum absolute atomic E-state index is 8.64. The first-order chi connectivity index (χ1) is 20.9. The zero-order valence-corrected chi connectivity index (χ0v) is 20.5. The number of nitrogens with zero attached hydrogens (tertiary/aromatic N) is 2. The minimum absolute atomic E-state index is 0.110. The van der Waals surface area contributed by atoms with Crippen LogP contribution in [-0.4, -0.2) is 4.57 Å². The third kappa shape index (κ3) is 3.84. The van der Waals surface area contributed by atoms with Crippen LogP contribution in [0, 0.1) is 0 Å².